The molecule has 34 heavy (non-hydrogen) atoms. The van der Waals surface area contributed by atoms with Crippen molar-refractivity contribution in [2.75, 3.05) is 32.2 Å². The van der Waals surface area contributed by atoms with Gasteiger partial charge in [0.1, 0.15) is 13.6 Å². The zero-order valence-electron chi connectivity index (χ0n) is 22.0. The van der Waals surface area contributed by atoms with Gasteiger partial charge in [-0.1, -0.05) is 80.9 Å². The highest BCUT2D eigenvalue weighted by Crippen LogP contribution is 2.35. The second-order valence-corrected chi connectivity index (χ2v) is 11.0. The zero-order valence-corrected chi connectivity index (χ0v) is 24.2. The third-order valence-electron chi connectivity index (χ3n) is 7.18. The summed E-state index contributed by atoms with van der Waals surface area (Å²) >= 11 is 2.43. The van der Waals surface area contributed by atoms with E-state index in [4.69, 9.17) is 28.4 Å². The average molecular weight is 599 g/mol. The molecule has 0 radical (unpaired) electrons. The van der Waals surface area contributed by atoms with Crippen molar-refractivity contribution in [3.63, 3.8) is 0 Å². The number of hydrogen-bond donors (Lipinski definition) is 0. The van der Waals surface area contributed by atoms with Gasteiger partial charge in [0.15, 0.2) is 0 Å². The maximum absolute atomic E-state index is 6.55. The topological polar surface area (TPSA) is 55.4 Å². The number of unbranched alkanes of at least 4 members (excludes halogenated alkanes) is 7. The predicted molar refractivity (Wildman–Crippen MR) is 145 cm³/mol. The largest absolute Gasteiger partial charge is 0.370 e. The molecule has 2 aliphatic rings. The van der Waals surface area contributed by atoms with Gasteiger partial charge in [-0.3, -0.25) is 0 Å². The molecular weight excluding hydrogens is 547 g/mol. The predicted octanol–water partition coefficient (Wildman–Crippen LogP) is 6.81. The normalized spacial score (nSPS) is 26.8. The summed E-state index contributed by atoms with van der Waals surface area (Å²) in [6.45, 7) is 2.94. The molecule has 2 saturated heterocycles. The Hall–Kier alpha value is 0.490. The number of halogens is 1. The summed E-state index contributed by atoms with van der Waals surface area (Å²) in [7, 11) is 3.37. The lowest BCUT2D eigenvalue weighted by Crippen LogP contribution is -2.35. The van der Waals surface area contributed by atoms with E-state index in [2.05, 4.69) is 29.5 Å². The van der Waals surface area contributed by atoms with Crippen LogP contribution in [0.3, 0.4) is 0 Å². The molecule has 0 saturated carbocycles. The van der Waals surface area contributed by atoms with Gasteiger partial charge in [-0.05, 0) is 49.4 Å². The number of alkyl halides is 1. The first-order valence-corrected chi connectivity index (χ1v) is 15.3. The van der Waals surface area contributed by atoms with E-state index in [1.807, 2.05) is 0 Å². The summed E-state index contributed by atoms with van der Waals surface area (Å²) in [6, 6.07) is 0. The lowest BCUT2D eigenvalue weighted by Gasteiger charge is -2.27. The molecule has 0 N–H and O–H groups in total. The van der Waals surface area contributed by atoms with E-state index in [1.54, 1.807) is 14.2 Å². The summed E-state index contributed by atoms with van der Waals surface area (Å²) in [5.74, 6) is 0. The molecule has 202 valence electrons. The number of methoxy groups -OCH3 is 2. The highest BCUT2D eigenvalue weighted by molar-refractivity contribution is 14.1. The van der Waals surface area contributed by atoms with Gasteiger partial charge >= 0.3 is 0 Å². The van der Waals surface area contributed by atoms with Crippen molar-refractivity contribution in [1.29, 1.82) is 0 Å². The van der Waals surface area contributed by atoms with Crippen molar-refractivity contribution >= 4 is 22.6 Å². The summed E-state index contributed by atoms with van der Waals surface area (Å²) in [5.41, 5.74) is 0. The van der Waals surface area contributed by atoms with E-state index in [0.717, 1.165) is 49.4 Å². The Morgan fingerprint density at radius 3 is 1.62 bits per heavy atom. The molecule has 7 heteroatoms. The van der Waals surface area contributed by atoms with E-state index < -0.39 is 0 Å². The summed E-state index contributed by atoms with van der Waals surface area (Å²) in [5, 5.41) is 0. The highest BCUT2D eigenvalue weighted by Gasteiger charge is 2.41. The average Bonchev–Trinajstić information content (AvgIpc) is 3.53. The highest BCUT2D eigenvalue weighted by atomic mass is 127. The van der Waals surface area contributed by atoms with Crippen molar-refractivity contribution in [1.82, 2.24) is 0 Å². The fourth-order valence-electron chi connectivity index (χ4n) is 5.29. The van der Waals surface area contributed by atoms with Crippen molar-refractivity contribution in [3.05, 3.63) is 0 Å². The van der Waals surface area contributed by atoms with Crippen LogP contribution < -0.4 is 0 Å². The molecule has 0 amide bonds. The second kappa shape index (κ2) is 19.6. The molecule has 2 fully saturated rings. The van der Waals surface area contributed by atoms with Gasteiger partial charge in [-0.2, -0.15) is 0 Å². The first-order valence-electron chi connectivity index (χ1n) is 13.8. The molecule has 0 aliphatic carbocycles. The van der Waals surface area contributed by atoms with Gasteiger partial charge in [0.2, 0.25) is 0 Å². The van der Waals surface area contributed by atoms with Crippen LogP contribution in [-0.4, -0.2) is 68.9 Å². The van der Waals surface area contributed by atoms with Crippen LogP contribution in [0.4, 0.5) is 0 Å². The first kappa shape index (κ1) is 30.7. The Balaban J connectivity index is 1.74. The molecule has 0 unspecified atom stereocenters. The van der Waals surface area contributed by atoms with Crippen LogP contribution in [0.5, 0.6) is 0 Å². The zero-order chi connectivity index (χ0) is 24.4. The Morgan fingerprint density at radius 1 is 0.676 bits per heavy atom. The third kappa shape index (κ3) is 11.7. The molecule has 0 bridgehead atoms. The van der Waals surface area contributed by atoms with Crippen molar-refractivity contribution in [3.8, 4) is 0 Å². The monoisotopic (exact) mass is 598 g/mol. The van der Waals surface area contributed by atoms with Gasteiger partial charge < -0.3 is 28.4 Å². The molecule has 2 rings (SSSR count). The maximum Gasteiger partial charge on any atom is 0.146 e. The number of rotatable bonds is 21. The van der Waals surface area contributed by atoms with E-state index in [-0.39, 0.29) is 36.6 Å². The van der Waals surface area contributed by atoms with Gasteiger partial charge in [0.25, 0.3) is 0 Å². The quantitative estimate of drug-likeness (QED) is 0.0627. The van der Waals surface area contributed by atoms with Crippen LogP contribution in [0.1, 0.15) is 103 Å². The van der Waals surface area contributed by atoms with Crippen molar-refractivity contribution in [2.45, 2.75) is 140 Å². The first-order chi connectivity index (χ1) is 16.7. The van der Waals surface area contributed by atoms with Crippen molar-refractivity contribution < 1.29 is 28.4 Å². The summed E-state index contributed by atoms with van der Waals surface area (Å²) in [6.07, 6.45) is 18.8. The maximum atomic E-state index is 6.55. The molecule has 0 spiro atoms. The lowest BCUT2D eigenvalue weighted by molar-refractivity contribution is -0.157. The summed E-state index contributed by atoms with van der Waals surface area (Å²) < 4.78 is 36.6. The fourth-order valence-corrected chi connectivity index (χ4v) is 5.73. The third-order valence-corrected chi connectivity index (χ3v) is 7.94. The van der Waals surface area contributed by atoms with Crippen LogP contribution in [0.15, 0.2) is 0 Å². The van der Waals surface area contributed by atoms with Crippen LogP contribution in [0.2, 0.25) is 0 Å². The second-order valence-electron chi connectivity index (χ2n) is 9.90. The molecule has 6 nitrogen and oxygen atoms in total. The molecule has 0 aromatic heterocycles. The summed E-state index contributed by atoms with van der Waals surface area (Å²) in [4.78, 5) is 0. The Kier molecular flexibility index (Phi) is 17.7. The standard InChI is InChI=1S/C27H51IO6/c1-4-5-6-7-8-9-10-11-13-22(31-20-29-2)24-15-17-26(33-24)27-18-16-25(34-27)23(14-12-19-28)32-21-30-3/h22-27H,4-21H2,1-3H3/t22-,23+,24+,25+,26+,27+/m0/s1. The van der Waals surface area contributed by atoms with Crippen molar-refractivity contribution in [2.24, 2.45) is 0 Å². The Labute approximate surface area is 222 Å². The van der Waals surface area contributed by atoms with Gasteiger partial charge in [0, 0.05) is 14.2 Å². The number of ether oxygens (including phenoxy) is 6. The SMILES string of the molecule is CCCCCCCCCC[C@H](OCOC)[C@H]1CC[C@H]([C@H]2CC[C@H]([C@@H](CCCI)OCOC)O2)O1. The molecule has 2 aliphatic heterocycles. The van der Waals surface area contributed by atoms with Gasteiger partial charge in [-0.25, -0.2) is 0 Å². The fraction of sp³-hybridized carbons (Fsp3) is 1.00. The van der Waals surface area contributed by atoms with Crippen LogP contribution in [0.25, 0.3) is 0 Å². The molecule has 2 heterocycles. The lowest BCUT2D eigenvalue weighted by atomic mass is 10.0. The molecule has 0 aromatic rings. The smallest absolute Gasteiger partial charge is 0.146 e. The Morgan fingerprint density at radius 2 is 1.15 bits per heavy atom. The molecular formula is C27H51IO6. The van der Waals surface area contributed by atoms with E-state index in [9.17, 15) is 0 Å². The van der Waals surface area contributed by atoms with E-state index in [0.29, 0.717) is 13.6 Å². The van der Waals surface area contributed by atoms with Gasteiger partial charge in [0.05, 0.1) is 36.6 Å². The van der Waals surface area contributed by atoms with Gasteiger partial charge in [-0.15, -0.1) is 0 Å². The number of hydrogen-bond acceptors (Lipinski definition) is 6. The minimum absolute atomic E-state index is 0.108. The minimum Gasteiger partial charge on any atom is -0.370 e. The van der Waals surface area contributed by atoms with E-state index >= 15 is 0 Å². The molecule has 6 atom stereocenters. The molecule has 0 aromatic carbocycles. The van der Waals surface area contributed by atoms with E-state index in [1.165, 1.54) is 51.4 Å². The Bertz CT molecular complexity index is 474. The minimum atomic E-state index is 0.108. The van der Waals surface area contributed by atoms with Crippen LogP contribution >= 0.6 is 22.6 Å². The van der Waals surface area contributed by atoms with Crippen LogP contribution in [0, 0.1) is 0 Å². The van der Waals surface area contributed by atoms with Crippen LogP contribution in [-0.2, 0) is 28.4 Å².